The molecule has 1 unspecified atom stereocenters. The van der Waals surface area contributed by atoms with E-state index in [1.165, 1.54) is 31.6 Å². The maximum Gasteiger partial charge on any atom is 0.00106 e. The number of nitrogens with one attached hydrogen (secondary N) is 1. The van der Waals surface area contributed by atoms with Gasteiger partial charge in [-0.3, -0.25) is 0 Å². The fourth-order valence-corrected chi connectivity index (χ4v) is 2.40. The minimum Gasteiger partial charge on any atom is -0.314 e. The summed E-state index contributed by atoms with van der Waals surface area (Å²) in [6.45, 7) is 10.3. The highest BCUT2D eigenvalue weighted by Crippen LogP contribution is 2.28. The van der Waals surface area contributed by atoms with E-state index in [1.54, 1.807) is 0 Å². The molecular formula is C12H27NS. The summed E-state index contributed by atoms with van der Waals surface area (Å²) in [4.78, 5) is 0. The average Bonchev–Trinajstić information content (AvgIpc) is 2.13. The molecule has 0 radical (unpaired) electrons. The van der Waals surface area contributed by atoms with Gasteiger partial charge in [0.1, 0.15) is 0 Å². The monoisotopic (exact) mass is 217 g/mol. The number of thioether (sulfide) groups is 1. The third kappa shape index (κ3) is 6.72. The topological polar surface area (TPSA) is 12.0 Å². The molecule has 0 saturated heterocycles. The summed E-state index contributed by atoms with van der Waals surface area (Å²) in [7, 11) is 0. The van der Waals surface area contributed by atoms with Gasteiger partial charge in [-0.05, 0) is 30.3 Å². The van der Waals surface area contributed by atoms with Crippen LogP contribution >= 0.6 is 11.8 Å². The van der Waals surface area contributed by atoms with Crippen LogP contribution in [0.3, 0.4) is 0 Å². The molecule has 2 heteroatoms. The molecule has 1 atom stereocenters. The van der Waals surface area contributed by atoms with Gasteiger partial charge in [-0.2, -0.15) is 11.8 Å². The van der Waals surface area contributed by atoms with Gasteiger partial charge in [0, 0.05) is 12.6 Å². The van der Waals surface area contributed by atoms with E-state index >= 15 is 0 Å². The average molecular weight is 217 g/mol. The predicted molar refractivity (Wildman–Crippen MR) is 69.2 cm³/mol. The smallest absolute Gasteiger partial charge is 0.00106 e. The summed E-state index contributed by atoms with van der Waals surface area (Å²) >= 11 is 1.96. The van der Waals surface area contributed by atoms with Crippen LogP contribution in [0.4, 0.5) is 0 Å². The lowest BCUT2D eigenvalue weighted by molar-refractivity contribution is 0.261. The van der Waals surface area contributed by atoms with Gasteiger partial charge in [0.05, 0.1) is 0 Å². The molecule has 86 valence electrons. The molecule has 1 nitrogen and oxygen atoms in total. The normalized spacial score (nSPS) is 15.9. The van der Waals surface area contributed by atoms with Crippen molar-refractivity contribution in [3.05, 3.63) is 0 Å². The maximum absolute atomic E-state index is 3.57. The zero-order valence-electron chi connectivity index (χ0n) is 10.5. The van der Waals surface area contributed by atoms with E-state index in [1.807, 2.05) is 11.8 Å². The predicted octanol–water partition coefficient (Wildman–Crippen LogP) is 3.54. The molecule has 0 amide bonds. The Labute approximate surface area is 94.4 Å². The highest BCUT2D eigenvalue weighted by molar-refractivity contribution is 7.98. The van der Waals surface area contributed by atoms with Crippen molar-refractivity contribution in [1.29, 1.82) is 0 Å². The van der Waals surface area contributed by atoms with E-state index in [2.05, 4.69) is 39.3 Å². The van der Waals surface area contributed by atoms with E-state index in [4.69, 9.17) is 0 Å². The molecule has 0 aromatic heterocycles. The molecule has 0 aromatic rings. The van der Waals surface area contributed by atoms with Crippen LogP contribution in [0.5, 0.6) is 0 Å². The molecule has 0 saturated carbocycles. The Morgan fingerprint density at radius 2 is 1.93 bits per heavy atom. The third-order valence-corrected chi connectivity index (χ3v) is 3.31. The molecule has 0 aliphatic heterocycles. The van der Waals surface area contributed by atoms with Gasteiger partial charge in [-0.25, -0.2) is 0 Å². The first-order valence-corrected chi connectivity index (χ1v) is 7.16. The standard InChI is InChI=1S/C12H27NS/c1-6-7-12(4,8-9-14-5)10-13-11(2)3/h11,13H,6-10H2,1-5H3. The zero-order valence-corrected chi connectivity index (χ0v) is 11.3. The second-order valence-electron chi connectivity index (χ2n) is 4.84. The lowest BCUT2D eigenvalue weighted by Crippen LogP contribution is -2.36. The largest absolute Gasteiger partial charge is 0.314 e. The second-order valence-corrected chi connectivity index (χ2v) is 5.82. The summed E-state index contributed by atoms with van der Waals surface area (Å²) in [5.74, 6) is 1.29. The minimum atomic E-state index is 0.502. The minimum absolute atomic E-state index is 0.502. The van der Waals surface area contributed by atoms with Crippen LogP contribution in [0.25, 0.3) is 0 Å². The Morgan fingerprint density at radius 1 is 1.29 bits per heavy atom. The zero-order chi connectivity index (χ0) is 11.0. The third-order valence-electron chi connectivity index (χ3n) is 2.70. The molecule has 0 aliphatic rings. The molecule has 0 spiro atoms. The van der Waals surface area contributed by atoms with Crippen molar-refractivity contribution in [1.82, 2.24) is 5.32 Å². The molecule has 0 fully saturated rings. The Morgan fingerprint density at radius 3 is 2.36 bits per heavy atom. The summed E-state index contributed by atoms with van der Waals surface area (Å²) in [6.07, 6.45) is 6.17. The Kier molecular flexibility index (Phi) is 7.75. The Bertz CT molecular complexity index is 136. The molecule has 0 aromatic carbocycles. The maximum atomic E-state index is 3.57. The van der Waals surface area contributed by atoms with E-state index in [0.717, 1.165) is 0 Å². The first kappa shape index (κ1) is 14.3. The SMILES string of the molecule is CCCC(C)(CCSC)CNC(C)C. The van der Waals surface area contributed by atoms with E-state index in [-0.39, 0.29) is 0 Å². The van der Waals surface area contributed by atoms with E-state index in [9.17, 15) is 0 Å². The van der Waals surface area contributed by atoms with Crippen molar-refractivity contribution < 1.29 is 0 Å². The van der Waals surface area contributed by atoms with Crippen molar-refractivity contribution in [3.63, 3.8) is 0 Å². The lowest BCUT2D eigenvalue weighted by atomic mass is 9.82. The van der Waals surface area contributed by atoms with Crippen LogP contribution in [0, 0.1) is 5.41 Å². The quantitative estimate of drug-likeness (QED) is 0.667. The van der Waals surface area contributed by atoms with Crippen LogP contribution in [-0.2, 0) is 0 Å². The molecule has 0 bridgehead atoms. The highest BCUT2D eigenvalue weighted by Gasteiger charge is 2.22. The van der Waals surface area contributed by atoms with Crippen molar-refractivity contribution in [2.75, 3.05) is 18.6 Å². The van der Waals surface area contributed by atoms with E-state index < -0.39 is 0 Å². The molecular weight excluding hydrogens is 190 g/mol. The number of rotatable bonds is 8. The first-order valence-electron chi connectivity index (χ1n) is 5.76. The van der Waals surface area contributed by atoms with Crippen LogP contribution in [-0.4, -0.2) is 24.6 Å². The van der Waals surface area contributed by atoms with Crippen molar-refractivity contribution in [3.8, 4) is 0 Å². The Balaban J connectivity index is 3.95. The molecule has 1 N–H and O–H groups in total. The molecule has 0 heterocycles. The Hall–Kier alpha value is 0.310. The van der Waals surface area contributed by atoms with Crippen molar-refractivity contribution in [2.24, 2.45) is 5.41 Å². The lowest BCUT2D eigenvalue weighted by Gasteiger charge is -2.30. The second kappa shape index (κ2) is 7.58. The highest BCUT2D eigenvalue weighted by atomic mass is 32.2. The number of hydrogen-bond donors (Lipinski definition) is 1. The van der Waals surface area contributed by atoms with E-state index in [0.29, 0.717) is 11.5 Å². The van der Waals surface area contributed by atoms with Gasteiger partial charge in [0.15, 0.2) is 0 Å². The van der Waals surface area contributed by atoms with Crippen LogP contribution in [0.15, 0.2) is 0 Å². The van der Waals surface area contributed by atoms with Crippen LogP contribution < -0.4 is 5.32 Å². The van der Waals surface area contributed by atoms with Crippen molar-refractivity contribution in [2.45, 2.75) is 53.0 Å². The van der Waals surface area contributed by atoms with Gasteiger partial charge >= 0.3 is 0 Å². The fourth-order valence-electron chi connectivity index (χ4n) is 1.70. The van der Waals surface area contributed by atoms with Gasteiger partial charge in [0.25, 0.3) is 0 Å². The van der Waals surface area contributed by atoms with Gasteiger partial charge in [-0.15, -0.1) is 0 Å². The van der Waals surface area contributed by atoms with Crippen LogP contribution in [0.1, 0.15) is 47.0 Å². The van der Waals surface area contributed by atoms with Gasteiger partial charge < -0.3 is 5.32 Å². The first-order chi connectivity index (χ1) is 6.54. The van der Waals surface area contributed by atoms with Gasteiger partial charge in [-0.1, -0.05) is 34.1 Å². The molecule has 14 heavy (non-hydrogen) atoms. The van der Waals surface area contributed by atoms with Crippen LogP contribution in [0.2, 0.25) is 0 Å². The molecule has 0 rings (SSSR count). The fraction of sp³-hybridized carbons (Fsp3) is 1.00. The summed E-state index contributed by atoms with van der Waals surface area (Å²) in [5.41, 5.74) is 0.502. The summed E-state index contributed by atoms with van der Waals surface area (Å²) in [5, 5.41) is 3.57. The molecule has 0 aliphatic carbocycles. The van der Waals surface area contributed by atoms with Gasteiger partial charge in [0.2, 0.25) is 0 Å². The summed E-state index contributed by atoms with van der Waals surface area (Å²) < 4.78 is 0. The van der Waals surface area contributed by atoms with Crippen molar-refractivity contribution >= 4 is 11.8 Å². The number of hydrogen-bond acceptors (Lipinski definition) is 2. The summed E-state index contributed by atoms with van der Waals surface area (Å²) in [6, 6.07) is 0.612.